The standard InChI is InChI=1S/C33H38N8O6/c1-33(2)46-26(16-40-24-10-9-20(29(34)42)13-22(24)38-31(40)36)27(47-33)17-41-28-23(39-32(41)37)14-21(30(35)43)15-25(28)45-12-6-11-44-18-19-7-4-3-5-8-19/h3-5,7-10,13-15,26-27H,6,11-12,16-18H2,1-2H3,(H2,34,42)(H2,35,43)(H2,36,38)(H2,37,39)/t26-,27-/m1/s1. The maximum Gasteiger partial charge on any atom is 0.248 e. The number of carbonyl (C=O) groups is 2. The molecular formula is C33H38N8O6. The van der Waals surface area contributed by atoms with Crippen LogP contribution in [0.5, 0.6) is 5.75 Å². The van der Waals surface area contributed by atoms with E-state index < -0.39 is 29.8 Å². The summed E-state index contributed by atoms with van der Waals surface area (Å²) in [5.74, 6) is -1.21. The van der Waals surface area contributed by atoms with Gasteiger partial charge in [0.2, 0.25) is 23.7 Å². The summed E-state index contributed by atoms with van der Waals surface area (Å²) >= 11 is 0. The molecule has 1 aliphatic rings. The predicted octanol–water partition coefficient (Wildman–Crippen LogP) is 2.95. The smallest absolute Gasteiger partial charge is 0.248 e. The molecule has 2 atom stereocenters. The van der Waals surface area contributed by atoms with E-state index in [-0.39, 0.29) is 24.0 Å². The van der Waals surface area contributed by atoms with E-state index in [0.29, 0.717) is 60.6 Å². The Morgan fingerprint density at radius 2 is 1.47 bits per heavy atom. The van der Waals surface area contributed by atoms with Crippen molar-refractivity contribution in [2.75, 3.05) is 24.7 Å². The number of nitrogen functional groups attached to an aromatic ring is 2. The first-order chi connectivity index (χ1) is 22.5. The second kappa shape index (κ2) is 12.9. The second-order valence-corrected chi connectivity index (χ2v) is 11.9. The van der Waals surface area contributed by atoms with Gasteiger partial charge in [-0.15, -0.1) is 0 Å². The average molecular weight is 643 g/mol. The highest BCUT2D eigenvalue weighted by atomic mass is 16.8. The molecule has 0 radical (unpaired) electrons. The van der Waals surface area contributed by atoms with Gasteiger partial charge in [0.1, 0.15) is 23.5 Å². The van der Waals surface area contributed by atoms with Gasteiger partial charge in [0, 0.05) is 17.5 Å². The van der Waals surface area contributed by atoms with Crippen LogP contribution in [0.1, 0.15) is 46.5 Å². The number of fused-ring (bicyclic) bond motifs is 2. The molecule has 3 heterocycles. The number of nitrogens with two attached hydrogens (primary N) is 4. The number of imidazole rings is 2. The summed E-state index contributed by atoms with van der Waals surface area (Å²) in [4.78, 5) is 32.8. The number of hydrogen-bond donors (Lipinski definition) is 4. The van der Waals surface area contributed by atoms with E-state index in [1.807, 2.05) is 48.7 Å². The van der Waals surface area contributed by atoms with Gasteiger partial charge < -0.3 is 51.0 Å². The van der Waals surface area contributed by atoms with Crippen molar-refractivity contribution in [3.05, 3.63) is 77.4 Å². The highest BCUT2D eigenvalue weighted by Crippen LogP contribution is 2.35. The minimum atomic E-state index is -0.914. The third kappa shape index (κ3) is 6.84. The highest BCUT2D eigenvalue weighted by molar-refractivity contribution is 5.99. The van der Waals surface area contributed by atoms with Crippen LogP contribution in [0.15, 0.2) is 60.7 Å². The topological polar surface area (TPSA) is 211 Å². The summed E-state index contributed by atoms with van der Waals surface area (Å²) in [5, 5.41) is 0. The van der Waals surface area contributed by atoms with Gasteiger partial charge >= 0.3 is 0 Å². The van der Waals surface area contributed by atoms with E-state index in [1.165, 1.54) is 0 Å². The van der Waals surface area contributed by atoms with Crippen molar-refractivity contribution in [2.24, 2.45) is 11.5 Å². The fraction of sp³-hybridized carbons (Fsp3) is 0.333. The fourth-order valence-corrected chi connectivity index (χ4v) is 5.86. The lowest BCUT2D eigenvalue weighted by Crippen LogP contribution is -2.32. The summed E-state index contributed by atoms with van der Waals surface area (Å²) in [6.07, 6.45) is -0.370. The van der Waals surface area contributed by atoms with Gasteiger partial charge in [-0.3, -0.25) is 9.59 Å². The lowest BCUT2D eigenvalue weighted by atomic mass is 10.1. The Morgan fingerprint density at radius 3 is 2.17 bits per heavy atom. The molecule has 14 nitrogen and oxygen atoms in total. The number of ether oxygens (including phenoxy) is 4. The molecule has 2 amide bonds. The number of hydrogen-bond acceptors (Lipinski definition) is 10. The molecule has 14 heteroatoms. The number of aromatic nitrogens is 4. The van der Waals surface area contributed by atoms with Crippen molar-refractivity contribution in [1.82, 2.24) is 19.1 Å². The molecule has 246 valence electrons. The molecular weight excluding hydrogens is 604 g/mol. The van der Waals surface area contributed by atoms with Gasteiger partial charge in [0.05, 0.1) is 49.5 Å². The lowest BCUT2D eigenvalue weighted by molar-refractivity contribution is -0.147. The van der Waals surface area contributed by atoms with Gasteiger partial charge in [-0.05, 0) is 49.7 Å². The molecule has 1 saturated heterocycles. The van der Waals surface area contributed by atoms with Crippen LogP contribution in [0, 0.1) is 0 Å². The van der Waals surface area contributed by atoms with Crippen LogP contribution in [-0.2, 0) is 33.9 Å². The first-order valence-electron chi connectivity index (χ1n) is 15.2. The Hall–Kier alpha value is -5.18. The molecule has 8 N–H and O–H groups in total. The van der Waals surface area contributed by atoms with E-state index >= 15 is 0 Å². The van der Waals surface area contributed by atoms with Gasteiger partial charge in [0.15, 0.2) is 5.79 Å². The van der Waals surface area contributed by atoms with E-state index in [1.54, 1.807) is 34.9 Å². The van der Waals surface area contributed by atoms with Crippen LogP contribution in [-0.4, -0.2) is 62.1 Å². The van der Waals surface area contributed by atoms with E-state index in [9.17, 15) is 9.59 Å². The Kier molecular flexibility index (Phi) is 8.73. The van der Waals surface area contributed by atoms with Crippen molar-refractivity contribution < 1.29 is 28.5 Å². The molecule has 1 fully saturated rings. The van der Waals surface area contributed by atoms with Crippen LogP contribution in [0.3, 0.4) is 0 Å². The first-order valence-corrected chi connectivity index (χ1v) is 15.2. The third-order valence-electron chi connectivity index (χ3n) is 8.00. The molecule has 47 heavy (non-hydrogen) atoms. The number of nitrogens with zero attached hydrogens (tertiary/aromatic N) is 4. The quantitative estimate of drug-likeness (QED) is 0.138. The molecule has 5 aromatic rings. The molecule has 0 aliphatic carbocycles. The molecule has 0 bridgehead atoms. The zero-order chi connectivity index (χ0) is 33.3. The molecule has 0 spiro atoms. The third-order valence-corrected chi connectivity index (χ3v) is 8.00. The minimum absolute atomic E-state index is 0.205. The summed E-state index contributed by atoms with van der Waals surface area (Å²) in [7, 11) is 0. The predicted molar refractivity (Wildman–Crippen MR) is 175 cm³/mol. The zero-order valence-electron chi connectivity index (χ0n) is 26.2. The number of rotatable bonds is 13. The fourth-order valence-electron chi connectivity index (χ4n) is 5.86. The zero-order valence-corrected chi connectivity index (χ0v) is 26.2. The molecule has 3 aromatic carbocycles. The number of benzene rings is 3. The number of carbonyl (C=O) groups excluding carboxylic acids is 2. The maximum absolute atomic E-state index is 12.2. The number of anilines is 2. The van der Waals surface area contributed by atoms with E-state index in [4.69, 9.17) is 41.9 Å². The first kappa shape index (κ1) is 31.8. The Bertz CT molecular complexity index is 1940. The van der Waals surface area contributed by atoms with Crippen LogP contribution < -0.4 is 27.7 Å². The summed E-state index contributed by atoms with van der Waals surface area (Å²) in [5.41, 5.74) is 27.8. The van der Waals surface area contributed by atoms with Crippen molar-refractivity contribution in [3.8, 4) is 5.75 Å². The van der Waals surface area contributed by atoms with Gasteiger partial charge in [0.25, 0.3) is 0 Å². The van der Waals surface area contributed by atoms with Crippen molar-refractivity contribution in [3.63, 3.8) is 0 Å². The van der Waals surface area contributed by atoms with Crippen molar-refractivity contribution >= 4 is 45.8 Å². The van der Waals surface area contributed by atoms with E-state index in [2.05, 4.69) is 9.97 Å². The normalized spacial score (nSPS) is 17.4. The highest BCUT2D eigenvalue weighted by Gasteiger charge is 2.42. The van der Waals surface area contributed by atoms with Crippen LogP contribution >= 0.6 is 0 Å². The largest absolute Gasteiger partial charge is 0.491 e. The number of amides is 2. The Labute approximate surface area is 270 Å². The molecule has 0 saturated carbocycles. The molecule has 2 aromatic heterocycles. The van der Waals surface area contributed by atoms with Gasteiger partial charge in [-0.2, -0.15) is 0 Å². The van der Waals surface area contributed by atoms with Crippen LogP contribution in [0.2, 0.25) is 0 Å². The van der Waals surface area contributed by atoms with Gasteiger partial charge in [-0.25, -0.2) is 9.97 Å². The maximum atomic E-state index is 12.2. The summed E-state index contributed by atoms with van der Waals surface area (Å²) < 4.78 is 28.3. The van der Waals surface area contributed by atoms with E-state index in [0.717, 1.165) is 11.1 Å². The summed E-state index contributed by atoms with van der Waals surface area (Å²) in [6, 6.07) is 18.1. The molecule has 1 aliphatic heterocycles. The molecule has 0 unspecified atom stereocenters. The van der Waals surface area contributed by atoms with Crippen molar-refractivity contribution in [2.45, 2.75) is 58.0 Å². The Balaban J connectivity index is 1.23. The Morgan fingerprint density at radius 1 is 0.830 bits per heavy atom. The number of primary amides is 2. The SMILES string of the molecule is CC1(C)O[C@H](Cn2c(N)nc3cc(C(N)=O)ccc32)[C@@H](Cn2c(N)nc3cc(C(N)=O)cc(OCCCOCc4ccccc4)c32)O1. The van der Waals surface area contributed by atoms with Gasteiger partial charge in [-0.1, -0.05) is 30.3 Å². The summed E-state index contributed by atoms with van der Waals surface area (Å²) in [6.45, 7) is 5.52. The second-order valence-electron chi connectivity index (χ2n) is 11.9. The lowest BCUT2D eigenvalue weighted by Gasteiger charge is -2.20. The minimum Gasteiger partial charge on any atom is -0.491 e. The average Bonchev–Trinajstić information content (AvgIpc) is 3.63. The molecule has 6 rings (SSSR count). The monoisotopic (exact) mass is 642 g/mol. The van der Waals surface area contributed by atoms with Crippen LogP contribution in [0.25, 0.3) is 22.1 Å². The van der Waals surface area contributed by atoms with Crippen molar-refractivity contribution in [1.29, 1.82) is 0 Å². The van der Waals surface area contributed by atoms with Crippen LogP contribution in [0.4, 0.5) is 11.9 Å².